The zero-order valence-electron chi connectivity index (χ0n) is 11.8. The van der Waals surface area contributed by atoms with E-state index in [1.165, 1.54) is 0 Å². The van der Waals surface area contributed by atoms with Crippen LogP contribution in [-0.4, -0.2) is 39.6 Å². The van der Waals surface area contributed by atoms with Crippen molar-refractivity contribution >= 4 is 11.7 Å². The van der Waals surface area contributed by atoms with Gasteiger partial charge in [-0.3, -0.25) is 9.89 Å². The van der Waals surface area contributed by atoms with Crippen molar-refractivity contribution in [1.82, 2.24) is 20.1 Å². The largest absolute Gasteiger partial charge is 0.369 e. The number of hydrogen-bond acceptors (Lipinski definition) is 4. The van der Waals surface area contributed by atoms with Crippen molar-refractivity contribution < 1.29 is 4.79 Å². The summed E-state index contributed by atoms with van der Waals surface area (Å²) in [6.45, 7) is 3.38. The summed E-state index contributed by atoms with van der Waals surface area (Å²) in [6, 6.07) is 3.56. The summed E-state index contributed by atoms with van der Waals surface area (Å²) >= 11 is 0. The Morgan fingerprint density at radius 2 is 2.35 bits per heavy atom. The Kier molecular flexibility index (Phi) is 4.70. The number of amides is 1. The topological polar surface area (TPSA) is 73.9 Å². The van der Waals surface area contributed by atoms with Gasteiger partial charge in [-0.15, -0.1) is 0 Å². The third-order valence-electron chi connectivity index (χ3n) is 2.90. The molecule has 0 radical (unpaired) electrons. The Labute approximate surface area is 118 Å². The fraction of sp³-hybridized carbons (Fsp3) is 0.357. The lowest BCUT2D eigenvalue weighted by Crippen LogP contribution is -2.27. The van der Waals surface area contributed by atoms with Gasteiger partial charge in [0.25, 0.3) is 5.91 Å². The van der Waals surface area contributed by atoms with E-state index in [0.717, 1.165) is 18.5 Å². The summed E-state index contributed by atoms with van der Waals surface area (Å²) in [4.78, 5) is 18.4. The van der Waals surface area contributed by atoms with Crippen molar-refractivity contribution in [2.45, 2.75) is 19.9 Å². The van der Waals surface area contributed by atoms with E-state index in [-0.39, 0.29) is 5.91 Å². The maximum absolute atomic E-state index is 12.5. The summed E-state index contributed by atoms with van der Waals surface area (Å²) in [6.07, 6.45) is 6.16. The molecule has 0 unspecified atom stereocenters. The van der Waals surface area contributed by atoms with Crippen molar-refractivity contribution in [3.05, 3.63) is 41.9 Å². The molecule has 0 aliphatic heterocycles. The highest BCUT2D eigenvalue weighted by molar-refractivity contribution is 5.98. The van der Waals surface area contributed by atoms with Crippen molar-refractivity contribution in [2.75, 3.05) is 18.9 Å². The van der Waals surface area contributed by atoms with Crippen LogP contribution in [0.4, 0.5) is 5.82 Å². The molecule has 0 aromatic carbocycles. The van der Waals surface area contributed by atoms with Gasteiger partial charge in [0.15, 0.2) is 0 Å². The number of aromatic nitrogens is 3. The Bertz CT molecular complexity index is 552. The molecule has 0 saturated carbocycles. The fourth-order valence-corrected chi connectivity index (χ4v) is 1.88. The fourth-order valence-electron chi connectivity index (χ4n) is 1.88. The maximum atomic E-state index is 12.5. The maximum Gasteiger partial charge on any atom is 0.257 e. The molecule has 20 heavy (non-hydrogen) atoms. The van der Waals surface area contributed by atoms with E-state index in [9.17, 15) is 4.79 Å². The van der Waals surface area contributed by atoms with Gasteiger partial charge in [0, 0.05) is 38.1 Å². The van der Waals surface area contributed by atoms with Gasteiger partial charge < -0.3 is 10.2 Å². The summed E-state index contributed by atoms with van der Waals surface area (Å²) in [7, 11) is 1.77. The number of nitrogens with one attached hydrogen (secondary N) is 2. The molecule has 2 rings (SSSR count). The molecule has 2 heterocycles. The molecule has 0 aliphatic carbocycles. The number of carbonyl (C=O) groups is 1. The average Bonchev–Trinajstić information content (AvgIpc) is 2.97. The van der Waals surface area contributed by atoms with Gasteiger partial charge in [-0.1, -0.05) is 6.92 Å². The second-order valence-electron chi connectivity index (χ2n) is 4.59. The van der Waals surface area contributed by atoms with Crippen molar-refractivity contribution in [3.63, 3.8) is 0 Å². The number of H-pyrrole nitrogens is 1. The Balaban J connectivity index is 2.11. The summed E-state index contributed by atoms with van der Waals surface area (Å²) in [5.41, 5.74) is 1.56. The summed E-state index contributed by atoms with van der Waals surface area (Å²) < 4.78 is 0. The average molecular weight is 273 g/mol. The minimum Gasteiger partial charge on any atom is -0.369 e. The van der Waals surface area contributed by atoms with E-state index in [1.807, 2.05) is 0 Å². The van der Waals surface area contributed by atoms with Gasteiger partial charge in [-0.25, -0.2) is 4.98 Å². The zero-order valence-corrected chi connectivity index (χ0v) is 11.8. The van der Waals surface area contributed by atoms with E-state index < -0.39 is 0 Å². The molecular formula is C14H19N5O. The molecule has 0 fully saturated rings. The number of anilines is 1. The first-order valence-electron chi connectivity index (χ1n) is 6.64. The minimum absolute atomic E-state index is 0.0575. The van der Waals surface area contributed by atoms with Gasteiger partial charge in [0.1, 0.15) is 5.82 Å². The van der Waals surface area contributed by atoms with Crippen LogP contribution < -0.4 is 5.32 Å². The third kappa shape index (κ3) is 3.34. The van der Waals surface area contributed by atoms with Crippen molar-refractivity contribution in [1.29, 1.82) is 0 Å². The lowest BCUT2D eigenvalue weighted by atomic mass is 10.2. The van der Waals surface area contributed by atoms with Crippen LogP contribution in [0.2, 0.25) is 0 Å². The van der Waals surface area contributed by atoms with Gasteiger partial charge >= 0.3 is 0 Å². The van der Waals surface area contributed by atoms with Gasteiger partial charge in [0.2, 0.25) is 0 Å². The van der Waals surface area contributed by atoms with Crippen LogP contribution in [0.15, 0.2) is 30.7 Å². The number of rotatable bonds is 6. The van der Waals surface area contributed by atoms with Crippen molar-refractivity contribution in [3.8, 4) is 0 Å². The lowest BCUT2D eigenvalue weighted by Gasteiger charge is -2.18. The molecule has 2 N–H and O–H groups in total. The molecule has 0 spiro atoms. The summed E-state index contributed by atoms with van der Waals surface area (Å²) in [5.74, 6) is 0.580. The number of hydrogen-bond donors (Lipinski definition) is 2. The monoisotopic (exact) mass is 273 g/mol. The Hall–Kier alpha value is -2.37. The molecule has 1 amide bonds. The quantitative estimate of drug-likeness (QED) is 0.843. The highest BCUT2D eigenvalue weighted by Gasteiger charge is 2.16. The standard InChI is InChI=1S/C14H19N5O/c1-3-6-15-13-12(5-4-7-16-13)14(20)19(2)10-11-8-17-18-9-11/h4-5,7-9H,3,6,10H2,1-2H3,(H,15,16)(H,17,18). The normalized spacial score (nSPS) is 10.3. The van der Waals surface area contributed by atoms with Crippen LogP contribution in [0.3, 0.4) is 0 Å². The lowest BCUT2D eigenvalue weighted by molar-refractivity contribution is 0.0785. The molecule has 2 aromatic heterocycles. The van der Waals surface area contributed by atoms with Crippen LogP contribution in [0, 0.1) is 0 Å². The highest BCUT2D eigenvalue weighted by atomic mass is 16.2. The van der Waals surface area contributed by atoms with E-state index >= 15 is 0 Å². The SMILES string of the molecule is CCCNc1ncccc1C(=O)N(C)Cc1cn[nH]c1. The molecule has 2 aromatic rings. The van der Waals surface area contributed by atoms with Crippen LogP contribution in [0.1, 0.15) is 29.3 Å². The molecule has 106 valence electrons. The minimum atomic E-state index is -0.0575. The molecule has 0 bridgehead atoms. The Morgan fingerprint density at radius 1 is 1.50 bits per heavy atom. The first-order valence-corrected chi connectivity index (χ1v) is 6.64. The van der Waals surface area contributed by atoms with Crippen molar-refractivity contribution in [2.24, 2.45) is 0 Å². The van der Waals surface area contributed by atoms with Gasteiger partial charge in [-0.05, 0) is 18.6 Å². The number of carbonyl (C=O) groups excluding carboxylic acids is 1. The number of aromatic amines is 1. The smallest absolute Gasteiger partial charge is 0.257 e. The first-order chi connectivity index (χ1) is 9.72. The van der Waals surface area contributed by atoms with Crippen LogP contribution in [-0.2, 0) is 6.54 Å². The predicted octanol–water partition coefficient (Wildman–Crippen LogP) is 1.90. The van der Waals surface area contributed by atoms with Gasteiger partial charge in [-0.2, -0.15) is 5.10 Å². The second-order valence-corrected chi connectivity index (χ2v) is 4.59. The first kappa shape index (κ1) is 14.0. The molecular weight excluding hydrogens is 254 g/mol. The van der Waals surface area contributed by atoms with E-state index in [0.29, 0.717) is 17.9 Å². The predicted molar refractivity (Wildman–Crippen MR) is 77.4 cm³/mol. The zero-order chi connectivity index (χ0) is 14.4. The van der Waals surface area contributed by atoms with Gasteiger partial charge in [0.05, 0.1) is 11.8 Å². The van der Waals surface area contributed by atoms with E-state index in [2.05, 4.69) is 27.4 Å². The molecule has 0 atom stereocenters. The molecule has 0 aliphatic rings. The number of pyridine rings is 1. The van der Waals surface area contributed by atoms with E-state index in [1.54, 1.807) is 42.7 Å². The molecule has 0 saturated heterocycles. The Morgan fingerprint density at radius 3 is 3.05 bits per heavy atom. The second kappa shape index (κ2) is 6.70. The number of nitrogens with zero attached hydrogens (tertiary/aromatic N) is 3. The summed E-state index contributed by atoms with van der Waals surface area (Å²) in [5, 5.41) is 9.80. The third-order valence-corrected chi connectivity index (χ3v) is 2.90. The highest BCUT2D eigenvalue weighted by Crippen LogP contribution is 2.15. The van der Waals surface area contributed by atoms with Crippen LogP contribution >= 0.6 is 0 Å². The molecule has 6 nitrogen and oxygen atoms in total. The van der Waals surface area contributed by atoms with Crippen LogP contribution in [0.5, 0.6) is 0 Å². The van der Waals surface area contributed by atoms with E-state index in [4.69, 9.17) is 0 Å². The van der Waals surface area contributed by atoms with Crippen LogP contribution in [0.25, 0.3) is 0 Å². The molecule has 6 heteroatoms.